The highest BCUT2D eigenvalue weighted by Gasteiger charge is 2.39. The Bertz CT molecular complexity index is 1610. The summed E-state index contributed by atoms with van der Waals surface area (Å²) in [5.74, 6) is 2.77. The summed E-state index contributed by atoms with van der Waals surface area (Å²) in [5, 5.41) is 0. The van der Waals surface area contributed by atoms with Crippen LogP contribution in [0, 0.1) is 0 Å². The molecule has 0 amide bonds. The lowest BCUT2D eigenvalue weighted by Crippen LogP contribution is -2.49. The molecule has 40 heavy (non-hydrogen) atoms. The first-order valence-electron chi connectivity index (χ1n) is 13.7. The summed E-state index contributed by atoms with van der Waals surface area (Å²) in [7, 11) is 1.67. The average molecular weight is 535 g/mol. The zero-order valence-corrected chi connectivity index (χ0v) is 23.2. The van der Waals surface area contributed by atoms with Crippen molar-refractivity contribution in [1.29, 1.82) is 0 Å². The van der Waals surface area contributed by atoms with Crippen molar-refractivity contribution < 1.29 is 18.9 Å². The lowest BCUT2D eigenvalue weighted by Gasteiger charge is -2.41. The minimum atomic E-state index is -0.197. The van der Waals surface area contributed by atoms with Gasteiger partial charge in [0, 0.05) is 11.1 Å². The number of imidazole rings is 1. The van der Waals surface area contributed by atoms with Gasteiger partial charge in [0.25, 0.3) is 0 Å². The first-order valence-corrected chi connectivity index (χ1v) is 13.7. The highest BCUT2D eigenvalue weighted by molar-refractivity contribution is 5.83. The van der Waals surface area contributed by atoms with Gasteiger partial charge in [-0.25, -0.2) is 4.98 Å². The lowest BCUT2D eigenvalue weighted by molar-refractivity contribution is -0.0868. The zero-order valence-electron chi connectivity index (χ0n) is 23.2. The van der Waals surface area contributed by atoms with Gasteiger partial charge in [-0.3, -0.25) is 0 Å². The highest BCUT2D eigenvalue weighted by atomic mass is 16.5. The second-order valence-electron chi connectivity index (χ2n) is 10.4. The van der Waals surface area contributed by atoms with E-state index in [0.717, 1.165) is 45.5 Å². The van der Waals surface area contributed by atoms with Gasteiger partial charge in [0.05, 0.1) is 36.9 Å². The molecule has 5 aromatic rings. The van der Waals surface area contributed by atoms with Crippen LogP contribution in [0.15, 0.2) is 91.0 Å². The summed E-state index contributed by atoms with van der Waals surface area (Å²) in [6.45, 7) is 6.44. The molecule has 0 spiro atoms. The van der Waals surface area contributed by atoms with Crippen molar-refractivity contribution in [2.75, 3.05) is 20.3 Å². The number of hydrogen-bond acceptors (Lipinski definition) is 5. The van der Waals surface area contributed by atoms with Crippen LogP contribution in [0.25, 0.3) is 22.4 Å². The molecule has 1 saturated heterocycles. The number of benzene rings is 4. The minimum Gasteiger partial charge on any atom is -0.493 e. The molecule has 6 rings (SSSR count). The Morgan fingerprint density at radius 2 is 1.43 bits per heavy atom. The molecule has 0 N–H and O–H groups in total. The van der Waals surface area contributed by atoms with Crippen molar-refractivity contribution in [2.45, 2.75) is 39.0 Å². The van der Waals surface area contributed by atoms with E-state index >= 15 is 0 Å². The molecule has 0 aliphatic carbocycles. The summed E-state index contributed by atoms with van der Waals surface area (Å²) in [4.78, 5) is 5.15. The standard InChI is InChI=1S/C34H34N2O4/c1-4-26-27(33-35-28-17-11-12-18-29(28)36(33)34(2)22-38-23-34)19-30(37-3)32(40-21-25-15-9-6-10-16-25)31(26)39-20-24-13-7-5-8-14-24/h5-19H,4,20-23H2,1-3H3. The Balaban J connectivity index is 1.53. The Morgan fingerprint density at radius 1 is 0.825 bits per heavy atom. The van der Waals surface area contributed by atoms with Crippen LogP contribution in [0.5, 0.6) is 17.2 Å². The molecule has 1 aliphatic heterocycles. The van der Waals surface area contributed by atoms with E-state index in [0.29, 0.717) is 43.7 Å². The molecule has 204 valence electrons. The van der Waals surface area contributed by atoms with E-state index in [1.165, 1.54) is 0 Å². The molecule has 0 atom stereocenters. The van der Waals surface area contributed by atoms with Crippen molar-refractivity contribution in [3.63, 3.8) is 0 Å². The van der Waals surface area contributed by atoms with E-state index in [1.54, 1.807) is 7.11 Å². The van der Waals surface area contributed by atoms with Crippen LogP contribution in [0.3, 0.4) is 0 Å². The predicted octanol–water partition coefficient (Wildman–Crippen LogP) is 7.18. The monoisotopic (exact) mass is 534 g/mol. The molecular formula is C34H34N2O4. The topological polar surface area (TPSA) is 54.7 Å². The second-order valence-corrected chi connectivity index (χ2v) is 10.4. The Morgan fingerprint density at radius 3 is 2.00 bits per heavy atom. The third kappa shape index (κ3) is 4.80. The number of hydrogen-bond donors (Lipinski definition) is 0. The molecular weight excluding hydrogens is 500 g/mol. The van der Waals surface area contributed by atoms with Crippen LogP contribution >= 0.6 is 0 Å². The fraction of sp³-hybridized carbons (Fsp3) is 0.265. The van der Waals surface area contributed by atoms with Crippen molar-refractivity contribution >= 4 is 11.0 Å². The van der Waals surface area contributed by atoms with E-state index in [2.05, 4.69) is 66.9 Å². The van der Waals surface area contributed by atoms with Crippen LogP contribution in [-0.4, -0.2) is 29.9 Å². The number of methoxy groups -OCH3 is 1. The van der Waals surface area contributed by atoms with Crippen LogP contribution < -0.4 is 14.2 Å². The fourth-order valence-corrected chi connectivity index (χ4v) is 5.39. The summed E-state index contributed by atoms with van der Waals surface area (Å²) >= 11 is 0. The van der Waals surface area contributed by atoms with Gasteiger partial charge in [-0.05, 0) is 42.7 Å². The molecule has 2 heterocycles. The SMILES string of the molecule is CCc1c(-c2nc3ccccc3n2C2(C)COC2)cc(OC)c(OCc2ccccc2)c1OCc1ccccc1. The van der Waals surface area contributed by atoms with E-state index in [4.69, 9.17) is 23.9 Å². The number of fused-ring (bicyclic) bond motifs is 1. The van der Waals surface area contributed by atoms with Gasteiger partial charge in [0.15, 0.2) is 11.5 Å². The molecule has 0 unspecified atom stereocenters. The molecule has 4 aromatic carbocycles. The fourth-order valence-electron chi connectivity index (χ4n) is 5.39. The summed E-state index contributed by atoms with van der Waals surface area (Å²) in [6, 6.07) is 30.6. The van der Waals surface area contributed by atoms with Gasteiger partial charge in [0.1, 0.15) is 19.0 Å². The smallest absolute Gasteiger partial charge is 0.204 e. The van der Waals surface area contributed by atoms with Crippen LogP contribution in [0.4, 0.5) is 0 Å². The third-order valence-electron chi connectivity index (χ3n) is 7.50. The third-order valence-corrected chi connectivity index (χ3v) is 7.50. The van der Waals surface area contributed by atoms with Gasteiger partial charge in [0.2, 0.25) is 5.75 Å². The molecule has 1 aromatic heterocycles. The molecule has 0 bridgehead atoms. The lowest BCUT2D eigenvalue weighted by atomic mass is 9.96. The summed E-state index contributed by atoms with van der Waals surface area (Å²) in [6.07, 6.45) is 0.724. The Labute approximate surface area is 235 Å². The number of para-hydroxylation sites is 2. The van der Waals surface area contributed by atoms with E-state index < -0.39 is 0 Å². The maximum absolute atomic E-state index is 6.61. The molecule has 6 heteroatoms. The van der Waals surface area contributed by atoms with E-state index in [1.807, 2.05) is 42.5 Å². The molecule has 0 radical (unpaired) electrons. The average Bonchev–Trinajstić information content (AvgIpc) is 3.38. The molecule has 0 saturated carbocycles. The van der Waals surface area contributed by atoms with Gasteiger partial charge < -0.3 is 23.5 Å². The van der Waals surface area contributed by atoms with Crippen molar-refractivity contribution in [3.05, 3.63) is 108 Å². The molecule has 1 aliphatic rings. The Kier molecular flexibility index (Phi) is 7.18. The van der Waals surface area contributed by atoms with Gasteiger partial charge in [-0.1, -0.05) is 79.7 Å². The van der Waals surface area contributed by atoms with Crippen LogP contribution in [0.1, 0.15) is 30.5 Å². The normalized spacial score (nSPS) is 14.1. The number of ether oxygens (including phenoxy) is 4. The molecule has 6 nitrogen and oxygen atoms in total. The largest absolute Gasteiger partial charge is 0.493 e. The maximum atomic E-state index is 6.61. The van der Waals surface area contributed by atoms with Crippen molar-refractivity contribution in [2.24, 2.45) is 0 Å². The summed E-state index contributed by atoms with van der Waals surface area (Å²) in [5.41, 5.74) is 5.98. The quantitative estimate of drug-likeness (QED) is 0.190. The van der Waals surface area contributed by atoms with Gasteiger partial charge >= 0.3 is 0 Å². The van der Waals surface area contributed by atoms with E-state index in [9.17, 15) is 0 Å². The van der Waals surface area contributed by atoms with Crippen molar-refractivity contribution in [1.82, 2.24) is 9.55 Å². The Hall–Kier alpha value is -4.29. The second kappa shape index (κ2) is 11.1. The van der Waals surface area contributed by atoms with Gasteiger partial charge in [-0.15, -0.1) is 0 Å². The minimum absolute atomic E-state index is 0.197. The first kappa shape index (κ1) is 26.0. The van der Waals surface area contributed by atoms with Crippen LogP contribution in [-0.2, 0) is 29.9 Å². The first-order chi connectivity index (χ1) is 19.6. The van der Waals surface area contributed by atoms with Gasteiger partial charge in [-0.2, -0.15) is 0 Å². The zero-order chi connectivity index (χ0) is 27.5. The summed E-state index contributed by atoms with van der Waals surface area (Å²) < 4.78 is 27.0. The highest BCUT2D eigenvalue weighted by Crippen LogP contribution is 2.48. The number of rotatable bonds is 10. The van der Waals surface area contributed by atoms with E-state index in [-0.39, 0.29) is 5.54 Å². The van der Waals surface area contributed by atoms with Crippen molar-refractivity contribution in [3.8, 4) is 28.6 Å². The number of nitrogens with zero attached hydrogens (tertiary/aromatic N) is 2. The number of aromatic nitrogens is 2. The van der Waals surface area contributed by atoms with Crippen LogP contribution in [0.2, 0.25) is 0 Å². The maximum Gasteiger partial charge on any atom is 0.204 e. The predicted molar refractivity (Wildman–Crippen MR) is 157 cm³/mol. The molecule has 1 fully saturated rings.